The number of benzene rings is 3. The maximum absolute atomic E-state index is 14.2. The van der Waals surface area contributed by atoms with Crippen molar-refractivity contribution in [1.82, 2.24) is 9.55 Å². The lowest BCUT2D eigenvalue weighted by molar-refractivity contribution is 0.602. The summed E-state index contributed by atoms with van der Waals surface area (Å²) in [5.74, 6) is 0.684. The summed E-state index contributed by atoms with van der Waals surface area (Å²) in [6.07, 6.45) is 0. The molecule has 1 heterocycles. The molecule has 0 aliphatic heterocycles. The van der Waals surface area contributed by atoms with Gasteiger partial charge in [0.05, 0.1) is 17.6 Å². The van der Waals surface area contributed by atoms with Crippen molar-refractivity contribution < 1.29 is 4.39 Å². The molecule has 0 saturated heterocycles. The van der Waals surface area contributed by atoms with E-state index in [-0.39, 0.29) is 5.82 Å². The number of aromatic nitrogens is 2. The summed E-state index contributed by atoms with van der Waals surface area (Å²) < 4.78 is 16.3. The summed E-state index contributed by atoms with van der Waals surface area (Å²) in [7, 11) is 0. The van der Waals surface area contributed by atoms with Gasteiger partial charge in [-0.1, -0.05) is 54.6 Å². The van der Waals surface area contributed by atoms with E-state index in [0.29, 0.717) is 12.1 Å². The Hall–Kier alpha value is -2.94. The summed E-state index contributed by atoms with van der Waals surface area (Å²) in [6, 6.07) is 23.1. The zero-order valence-corrected chi connectivity index (χ0v) is 13.4. The minimum atomic E-state index is -0.189. The van der Waals surface area contributed by atoms with Crippen molar-refractivity contribution in [3.05, 3.63) is 89.7 Å². The first kappa shape index (κ1) is 14.6. The van der Waals surface area contributed by atoms with Crippen LogP contribution in [0.15, 0.2) is 72.8 Å². The van der Waals surface area contributed by atoms with Gasteiger partial charge in [-0.25, -0.2) is 9.37 Å². The molecule has 0 atom stereocenters. The van der Waals surface area contributed by atoms with Gasteiger partial charge in [-0.3, -0.25) is 0 Å². The Labute approximate surface area is 140 Å². The number of nitrogens with zero attached hydrogens (tertiary/aromatic N) is 2. The van der Waals surface area contributed by atoms with Gasteiger partial charge in [0.15, 0.2) is 0 Å². The van der Waals surface area contributed by atoms with Gasteiger partial charge < -0.3 is 4.57 Å². The molecule has 4 rings (SSSR count). The quantitative estimate of drug-likeness (QED) is 0.508. The van der Waals surface area contributed by atoms with Gasteiger partial charge in [0.25, 0.3) is 0 Å². The number of imidazole rings is 1. The average molecular weight is 316 g/mol. The molecule has 0 aliphatic carbocycles. The highest BCUT2D eigenvalue weighted by atomic mass is 19.1. The van der Waals surface area contributed by atoms with E-state index >= 15 is 0 Å². The van der Waals surface area contributed by atoms with Crippen LogP contribution in [0.5, 0.6) is 0 Å². The Morgan fingerprint density at radius 1 is 0.875 bits per heavy atom. The minimum absolute atomic E-state index is 0.189. The Bertz CT molecular complexity index is 1020. The number of halogens is 1. The third-order valence-corrected chi connectivity index (χ3v) is 4.33. The van der Waals surface area contributed by atoms with Crippen LogP contribution in [0.1, 0.15) is 11.1 Å². The smallest absolute Gasteiger partial charge is 0.141 e. The molecule has 0 bridgehead atoms. The maximum Gasteiger partial charge on any atom is 0.141 e. The average Bonchev–Trinajstić information content (AvgIpc) is 2.96. The largest absolute Gasteiger partial charge is 0.319 e. The maximum atomic E-state index is 14.2. The molecule has 24 heavy (non-hydrogen) atoms. The van der Waals surface area contributed by atoms with Gasteiger partial charge in [-0.15, -0.1) is 0 Å². The lowest BCUT2D eigenvalue weighted by atomic mass is 10.1. The molecule has 0 N–H and O–H groups in total. The predicted molar refractivity (Wildman–Crippen MR) is 95.4 cm³/mol. The number of para-hydroxylation sites is 2. The Morgan fingerprint density at radius 3 is 2.42 bits per heavy atom. The molecular weight excluding hydrogens is 299 g/mol. The molecule has 3 aromatic carbocycles. The molecule has 0 unspecified atom stereocenters. The van der Waals surface area contributed by atoms with Gasteiger partial charge in [-0.05, 0) is 30.7 Å². The zero-order chi connectivity index (χ0) is 16.5. The van der Waals surface area contributed by atoms with E-state index in [9.17, 15) is 4.39 Å². The monoisotopic (exact) mass is 316 g/mol. The number of hydrogen-bond acceptors (Lipinski definition) is 1. The molecule has 0 spiro atoms. The van der Waals surface area contributed by atoms with E-state index in [1.807, 2.05) is 48.5 Å². The standard InChI is InChI=1S/C21H17FN2/c1-15-8-2-4-10-17(15)21-23-19-12-6-7-13-20(19)24(21)14-16-9-3-5-11-18(16)22/h2-13H,14H2,1H3. The zero-order valence-electron chi connectivity index (χ0n) is 13.4. The molecule has 1 aromatic heterocycles. The summed E-state index contributed by atoms with van der Waals surface area (Å²) >= 11 is 0. The van der Waals surface area contributed by atoms with Gasteiger partial charge >= 0.3 is 0 Å². The summed E-state index contributed by atoms with van der Waals surface area (Å²) in [4.78, 5) is 4.81. The number of fused-ring (bicyclic) bond motifs is 1. The van der Waals surface area contributed by atoms with Crippen LogP contribution in [0.25, 0.3) is 22.4 Å². The minimum Gasteiger partial charge on any atom is -0.319 e. The van der Waals surface area contributed by atoms with Crippen LogP contribution in [0, 0.1) is 12.7 Å². The Kier molecular flexibility index (Phi) is 3.62. The highest BCUT2D eigenvalue weighted by Crippen LogP contribution is 2.28. The molecule has 3 heteroatoms. The third-order valence-electron chi connectivity index (χ3n) is 4.33. The van der Waals surface area contributed by atoms with Crippen molar-refractivity contribution in [2.24, 2.45) is 0 Å². The van der Waals surface area contributed by atoms with Crippen molar-refractivity contribution in [1.29, 1.82) is 0 Å². The van der Waals surface area contributed by atoms with Crippen LogP contribution >= 0.6 is 0 Å². The Balaban J connectivity index is 1.94. The van der Waals surface area contributed by atoms with E-state index < -0.39 is 0 Å². The molecule has 4 aromatic rings. The van der Waals surface area contributed by atoms with Gasteiger partial charge in [0.1, 0.15) is 11.6 Å². The number of rotatable bonds is 3. The van der Waals surface area contributed by atoms with E-state index in [4.69, 9.17) is 4.98 Å². The molecule has 2 nitrogen and oxygen atoms in total. The second kappa shape index (κ2) is 5.93. The molecule has 0 aliphatic rings. The number of hydrogen-bond donors (Lipinski definition) is 0. The van der Waals surface area contributed by atoms with Crippen LogP contribution in [0.2, 0.25) is 0 Å². The van der Waals surface area contributed by atoms with Crippen LogP contribution in [0.4, 0.5) is 4.39 Å². The lowest BCUT2D eigenvalue weighted by Gasteiger charge is -2.12. The van der Waals surface area contributed by atoms with E-state index in [1.165, 1.54) is 6.07 Å². The predicted octanol–water partition coefficient (Wildman–Crippen LogP) is 5.20. The fraction of sp³-hybridized carbons (Fsp3) is 0.0952. The van der Waals surface area contributed by atoms with Crippen LogP contribution < -0.4 is 0 Å². The number of aryl methyl sites for hydroxylation is 1. The van der Waals surface area contributed by atoms with Crippen LogP contribution in [-0.2, 0) is 6.54 Å². The topological polar surface area (TPSA) is 17.8 Å². The summed E-state index contributed by atoms with van der Waals surface area (Å²) in [6.45, 7) is 2.53. The molecule has 0 radical (unpaired) electrons. The van der Waals surface area contributed by atoms with Crippen molar-refractivity contribution in [2.75, 3.05) is 0 Å². The molecule has 0 saturated carbocycles. The lowest BCUT2D eigenvalue weighted by Crippen LogP contribution is -2.04. The first-order valence-corrected chi connectivity index (χ1v) is 7.99. The fourth-order valence-electron chi connectivity index (χ4n) is 3.06. The van der Waals surface area contributed by atoms with Gasteiger partial charge in [-0.2, -0.15) is 0 Å². The van der Waals surface area contributed by atoms with Crippen molar-refractivity contribution in [3.63, 3.8) is 0 Å². The highest BCUT2D eigenvalue weighted by Gasteiger charge is 2.15. The molecule has 0 amide bonds. The fourth-order valence-corrected chi connectivity index (χ4v) is 3.06. The molecule has 0 fully saturated rings. The van der Waals surface area contributed by atoms with Crippen molar-refractivity contribution in [3.8, 4) is 11.4 Å². The first-order valence-electron chi connectivity index (χ1n) is 7.99. The second-order valence-corrected chi connectivity index (χ2v) is 5.92. The van der Waals surface area contributed by atoms with E-state index in [1.54, 1.807) is 6.07 Å². The van der Waals surface area contributed by atoms with E-state index in [0.717, 1.165) is 28.0 Å². The first-order chi connectivity index (χ1) is 11.7. The normalized spacial score (nSPS) is 11.1. The molecular formula is C21H17FN2. The van der Waals surface area contributed by atoms with Crippen LogP contribution in [0.3, 0.4) is 0 Å². The second-order valence-electron chi connectivity index (χ2n) is 5.92. The Morgan fingerprint density at radius 2 is 1.58 bits per heavy atom. The van der Waals surface area contributed by atoms with Crippen molar-refractivity contribution >= 4 is 11.0 Å². The third kappa shape index (κ3) is 2.48. The van der Waals surface area contributed by atoms with Gasteiger partial charge in [0.2, 0.25) is 0 Å². The van der Waals surface area contributed by atoms with Crippen LogP contribution in [-0.4, -0.2) is 9.55 Å². The summed E-state index contributed by atoms with van der Waals surface area (Å²) in [5, 5.41) is 0. The molecule has 118 valence electrons. The summed E-state index contributed by atoms with van der Waals surface area (Å²) in [5.41, 5.74) is 4.83. The van der Waals surface area contributed by atoms with E-state index in [2.05, 4.69) is 23.6 Å². The van der Waals surface area contributed by atoms with Crippen molar-refractivity contribution in [2.45, 2.75) is 13.5 Å². The highest BCUT2D eigenvalue weighted by molar-refractivity contribution is 5.81. The SMILES string of the molecule is Cc1ccccc1-c1nc2ccccc2n1Cc1ccccc1F. The van der Waals surface area contributed by atoms with Gasteiger partial charge in [0, 0.05) is 11.1 Å².